The molecular weight excluding hydrogens is 386 g/mol. The van der Waals surface area contributed by atoms with Gasteiger partial charge in [-0.25, -0.2) is 0 Å². The van der Waals surface area contributed by atoms with Gasteiger partial charge in [-0.1, -0.05) is 0 Å². The maximum absolute atomic E-state index is 11.7. The second-order valence-corrected chi connectivity index (χ2v) is 11.1. The van der Waals surface area contributed by atoms with E-state index in [-0.39, 0.29) is 18.4 Å². The molecule has 7 heteroatoms. The number of rotatable bonds is 7. The number of nitrogens with zero attached hydrogens (tertiary/aromatic N) is 1. The SMILES string of the molecule is CNCCN(CC(=O)NC)C(=O)C[Se][Ba]. The van der Waals surface area contributed by atoms with Crippen molar-refractivity contribution in [1.82, 2.24) is 15.5 Å². The average molecular weight is 403 g/mol. The molecule has 0 fully saturated rings. The van der Waals surface area contributed by atoms with E-state index in [4.69, 9.17) is 0 Å². The minimum absolute atomic E-state index is 0.106. The summed E-state index contributed by atoms with van der Waals surface area (Å²) in [5, 5.41) is 6.16. The van der Waals surface area contributed by atoms with E-state index >= 15 is 0 Å². The summed E-state index contributed by atoms with van der Waals surface area (Å²) >= 11 is 0.715. The van der Waals surface area contributed by atoms with E-state index in [0.29, 0.717) is 61.1 Å². The van der Waals surface area contributed by atoms with Crippen molar-refractivity contribution in [2.24, 2.45) is 0 Å². The van der Waals surface area contributed by atoms with Crippen molar-refractivity contribution in [3.63, 3.8) is 0 Å². The van der Waals surface area contributed by atoms with Gasteiger partial charge in [0.1, 0.15) is 0 Å². The number of hydrogen-bond donors (Lipinski definition) is 2. The van der Waals surface area contributed by atoms with Crippen molar-refractivity contribution in [1.29, 1.82) is 0 Å². The molecule has 0 unspecified atom stereocenters. The molecule has 0 aliphatic rings. The number of amides is 2. The number of hydrogen-bond acceptors (Lipinski definition) is 3. The van der Waals surface area contributed by atoms with Crippen LogP contribution in [0, 0.1) is 0 Å². The molecule has 0 aliphatic heterocycles. The molecule has 0 aliphatic carbocycles. The fourth-order valence-corrected chi connectivity index (χ4v) is 4.57. The van der Waals surface area contributed by atoms with Crippen LogP contribution in [0.1, 0.15) is 0 Å². The number of carbonyl (C=O) groups excluding carboxylic acids is 2. The summed E-state index contributed by atoms with van der Waals surface area (Å²) < 4.78 is 0. The van der Waals surface area contributed by atoms with E-state index in [0.717, 1.165) is 6.54 Å². The summed E-state index contributed by atoms with van der Waals surface area (Å²) in [5.41, 5.74) is 0. The van der Waals surface area contributed by atoms with Crippen LogP contribution in [-0.4, -0.2) is 99.7 Å². The molecule has 0 saturated carbocycles. The third-order valence-electron chi connectivity index (χ3n) is 1.82. The number of carbonyl (C=O) groups is 2. The van der Waals surface area contributed by atoms with Gasteiger partial charge in [-0.2, -0.15) is 0 Å². The molecule has 1 radical (unpaired) electrons. The molecule has 0 aromatic carbocycles. The summed E-state index contributed by atoms with van der Waals surface area (Å²) in [6.07, 6.45) is 0.512. The second kappa shape index (κ2) is 10.2. The van der Waals surface area contributed by atoms with Gasteiger partial charge < -0.3 is 0 Å². The van der Waals surface area contributed by atoms with Crippen molar-refractivity contribution < 1.29 is 9.59 Å². The Morgan fingerprint density at radius 1 is 1.40 bits per heavy atom. The summed E-state index contributed by atoms with van der Waals surface area (Å²) in [5.74, 6) is 0.00838. The van der Waals surface area contributed by atoms with Gasteiger partial charge in [0.05, 0.1) is 0 Å². The van der Waals surface area contributed by atoms with Gasteiger partial charge >= 0.3 is 125 Å². The first-order valence-electron chi connectivity index (χ1n) is 4.65. The van der Waals surface area contributed by atoms with Gasteiger partial charge in [0.2, 0.25) is 0 Å². The summed E-state index contributed by atoms with van der Waals surface area (Å²) in [4.78, 5) is 24.5. The zero-order valence-electron chi connectivity index (χ0n) is 9.21. The third-order valence-corrected chi connectivity index (χ3v) is 6.10. The van der Waals surface area contributed by atoms with E-state index in [1.165, 1.54) is 0 Å². The molecule has 0 spiro atoms. The van der Waals surface area contributed by atoms with Crippen molar-refractivity contribution in [3.05, 3.63) is 0 Å². The average Bonchev–Trinajstić information content (AvgIpc) is 2.24. The van der Waals surface area contributed by atoms with Crippen molar-refractivity contribution in [2.45, 2.75) is 5.32 Å². The fraction of sp³-hybridized carbons (Fsp3) is 0.750. The standard InChI is InChI=1S/C8H17N3O2Se.Ba/c1-9-3-4-11(8(13)6-14)5-7(12)10-2;/h9,14H,3-6H2,1-2H3,(H,10,12);/q;+1/p-1. The first-order chi connectivity index (χ1) is 7.15. The van der Waals surface area contributed by atoms with Crippen LogP contribution < -0.4 is 10.6 Å². The van der Waals surface area contributed by atoms with Crippen molar-refractivity contribution in [2.75, 3.05) is 33.7 Å². The quantitative estimate of drug-likeness (QED) is 0.484. The molecule has 15 heavy (non-hydrogen) atoms. The molecule has 0 bridgehead atoms. The van der Waals surface area contributed by atoms with Gasteiger partial charge in [0.25, 0.3) is 0 Å². The Morgan fingerprint density at radius 2 is 2.07 bits per heavy atom. The first kappa shape index (κ1) is 16.0. The molecule has 5 nitrogen and oxygen atoms in total. The molecule has 83 valence electrons. The fourth-order valence-electron chi connectivity index (χ4n) is 0.970. The van der Waals surface area contributed by atoms with Gasteiger partial charge in [-0.05, 0) is 0 Å². The zero-order valence-corrected chi connectivity index (χ0v) is 15.4. The number of likely N-dealkylation sites (N-methyl/N-ethyl adjacent to an activating group) is 2. The molecule has 0 heterocycles. The van der Waals surface area contributed by atoms with Crippen LogP contribution in [-0.2, 0) is 9.59 Å². The molecule has 0 saturated heterocycles. The van der Waals surface area contributed by atoms with E-state index in [2.05, 4.69) is 10.6 Å². The van der Waals surface area contributed by atoms with Gasteiger partial charge in [0.15, 0.2) is 0 Å². The van der Waals surface area contributed by atoms with E-state index in [1.807, 2.05) is 7.05 Å². The second-order valence-electron chi connectivity index (χ2n) is 2.94. The van der Waals surface area contributed by atoms with E-state index in [9.17, 15) is 9.59 Å². The maximum atomic E-state index is 11.7. The molecule has 0 rings (SSSR count). The summed E-state index contributed by atoms with van der Waals surface area (Å²) in [7, 11) is 3.42. The Labute approximate surface area is 123 Å². The monoisotopic (exact) mass is 404 g/mol. The van der Waals surface area contributed by atoms with Crippen LogP contribution in [0.2, 0.25) is 5.32 Å². The van der Waals surface area contributed by atoms with Gasteiger partial charge in [-0.15, -0.1) is 0 Å². The summed E-state index contributed by atoms with van der Waals surface area (Å²) in [6, 6.07) is 0. The van der Waals surface area contributed by atoms with E-state index < -0.39 is 0 Å². The molecular formula is C8H16BaN3O2Se. The molecule has 2 amide bonds. The van der Waals surface area contributed by atoms with Gasteiger partial charge in [-0.3, -0.25) is 0 Å². The Balaban J connectivity index is 4.16. The Kier molecular flexibility index (Phi) is 10.8. The summed E-state index contributed by atoms with van der Waals surface area (Å²) in [6.45, 7) is 1.51. The van der Waals surface area contributed by atoms with Crippen LogP contribution >= 0.6 is 0 Å². The normalized spacial score (nSPS) is 9.67. The Bertz CT molecular complexity index is 216. The zero-order chi connectivity index (χ0) is 11.7. The molecule has 2 N–H and O–H groups in total. The predicted molar refractivity (Wildman–Crippen MR) is 60.9 cm³/mol. The van der Waals surface area contributed by atoms with Crippen LogP contribution in [0.3, 0.4) is 0 Å². The van der Waals surface area contributed by atoms with Crippen LogP contribution in [0.5, 0.6) is 0 Å². The third kappa shape index (κ3) is 7.82. The van der Waals surface area contributed by atoms with Crippen molar-refractivity contribution >= 4 is 61.1 Å². The predicted octanol–water partition coefficient (Wildman–Crippen LogP) is -2.01. The first-order valence-corrected chi connectivity index (χ1v) is 16.5. The topological polar surface area (TPSA) is 61.4 Å². The van der Waals surface area contributed by atoms with E-state index in [1.54, 1.807) is 11.9 Å². The number of nitrogens with one attached hydrogen (secondary N) is 2. The Morgan fingerprint density at radius 3 is 2.53 bits per heavy atom. The van der Waals surface area contributed by atoms with Crippen LogP contribution in [0.25, 0.3) is 0 Å². The van der Waals surface area contributed by atoms with Gasteiger partial charge in [0, 0.05) is 0 Å². The van der Waals surface area contributed by atoms with Crippen LogP contribution in [0.4, 0.5) is 0 Å². The molecule has 0 atom stereocenters. The molecule has 0 aromatic heterocycles. The van der Waals surface area contributed by atoms with Crippen molar-refractivity contribution in [3.8, 4) is 0 Å². The minimum atomic E-state index is -0.106. The van der Waals surface area contributed by atoms with Crippen LogP contribution in [0.15, 0.2) is 0 Å². The molecule has 0 aromatic rings. The Hall–Kier alpha value is 0.991.